The van der Waals surface area contributed by atoms with Gasteiger partial charge >= 0.3 is 0 Å². The molecule has 0 saturated carbocycles. The van der Waals surface area contributed by atoms with E-state index in [0.717, 1.165) is 16.7 Å². The molecule has 0 atom stereocenters. The topological polar surface area (TPSA) is 57.4 Å². The Kier molecular flexibility index (Phi) is 4.28. The molecule has 0 unspecified atom stereocenters. The molecule has 0 N–H and O–H groups in total. The Bertz CT molecular complexity index is 812. The van der Waals surface area contributed by atoms with Crippen LogP contribution in [0.2, 0.25) is 0 Å². The van der Waals surface area contributed by atoms with Gasteiger partial charge in [-0.05, 0) is 37.6 Å². The van der Waals surface area contributed by atoms with Crippen molar-refractivity contribution in [1.29, 1.82) is 0 Å². The van der Waals surface area contributed by atoms with Gasteiger partial charge in [0.2, 0.25) is 5.82 Å². The fourth-order valence-corrected chi connectivity index (χ4v) is 2.25. The van der Waals surface area contributed by atoms with Crippen LogP contribution in [-0.4, -0.2) is 17.3 Å². The van der Waals surface area contributed by atoms with E-state index in [1.807, 2.05) is 56.3 Å². The Labute approximate surface area is 134 Å². The van der Waals surface area contributed by atoms with E-state index in [0.29, 0.717) is 23.2 Å². The molecule has 3 aromatic rings. The summed E-state index contributed by atoms with van der Waals surface area (Å²) < 4.78 is 16.3. The molecule has 0 bridgehead atoms. The van der Waals surface area contributed by atoms with Gasteiger partial charge in [-0.1, -0.05) is 35.0 Å². The lowest BCUT2D eigenvalue weighted by Crippen LogP contribution is -1.98. The summed E-state index contributed by atoms with van der Waals surface area (Å²) in [6.45, 7) is 4.22. The number of aromatic nitrogens is 2. The highest BCUT2D eigenvalue weighted by Crippen LogP contribution is 2.28. The minimum absolute atomic E-state index is 0.193. The third kappa shape index (κ3) is 3.51. The van der Waals surface area contributed by atoms with E-state index in [4.69, 9.17) is 14.0 Å². The maximum atomic E-state index is 5.72. The smallest absolute Gasteiger partial charge is 0.264 e. The first-order valence-corrected chi connectivity index (χ1v) is 7.33. The van der Waals surface area contributed by atoms with Crippen LogP contribution in [0.25, 0.3) is 11.4 Å². The maximum absolute atomic E-state index is 5.72. The van der Waals surface area contributed by atoms with Crippen LogP contribution >= 0.6 is 0 Å². The number of nitrogens with zero attached hydrogens (tertiary/aromatic N) is 2. The molecule has 0 amide bonds. The molecule has 2 aromatic carbocycles. The fraction of sp³-hybridized carbons (Fsp3) is 0.222. The van der Waals surface area contributed by atoms with Crippen LogP contribution in [0.1, 0.15) is 17.0 Å². The summed E-state index contributed by atoms with van der Waals surface area (Å²) in [5, 5.41) is 4.00. The summed E-state index contributed by atoms with van der Waals surface area (Å²) in [5.41, 5.74) is 3.18. The lowest BCUT2D eigenvalue weighted by atomic mass is 10.1. The molecule has 0 saturated heterocycles. The molecule has 0 spiro atoms. The van der Waals surface area contributed by atoms with Crippen molar-refractivity contribution in [2.45, 2.75) is 20.5 Å². The van der Waals surface area contributed by atoms with Gasteiger partial charge in [0.05, 0.1) is 7.11 Å². The molecule has 23 heavy (non-hydrogen) atoms. The molecule has 5 heteroatoms. The quantitative estimate of drug-likeness (QED) is 0.714. The predicted octanol–water partition coefficient (Wildman–Crippen LogP) is 3.94. The monoisotopic (exact) mass is 310 g/mol. The summed E-state index contributed by atoms with van der Waals surface area (Å²) in [4.78, 5) is 4.37. The molecular weight excluding hydrogens is 292 g/mol. The van der Waals surface area contributed by atoms with Crippen molar-refractivity contribution < 1.29 is 14.0 Å². The fourth-order valence-electron chi connectivity index (χ4n) is 2.25. The molecule has 0 aliphatic rings. The van der Waals surface area contributed by atoms with Crippen molar-refractivity contribution in [2.75, 3.05) is 7.11 Å². The van der Waals surface area contributed by atoms with Crippen molar-refractivity contribution in [3.8, 4) is 22.9 Å². The van der Waals surface area contributed by atoms with Crippen LogP contribution in [0.4, 0.5) is 0 Å². The second-order valence-electron chi connectivity index (χ2n) is 5.32. The number of rotatable bonds is 5. The van der Waals surface area contributed by atoms with E-state index < -0.39 is 0 Å². The second-order valence-corrected chi connectivity index (χ2v) is 5.32. The molecular formula is C18H18N2O3. The second kappa shape index (κ2) is 6.52. The molecule has 0 radical (unpaired) electrons. The van der Waals surface area contributed by atoms with Crippen LogP contribution in [0.5, 0.6) is 11.5 Å². The van der Waals surface area contributed by atoms with E-state index in [9.17, 15) is 0 Å². The van der Waals surface area contributed by atoms with Gasteiger partial charge in [-0.15, -0.1) is 0 Å². The number of hydrogen-bond acceptors (Lipinski definition) is 5. The van der Waals surface area contributed by atoms with Gasteiger partial charge in [0, 0.05) is 5.56 Å². The Balaban J connectivity index is 1.73. The average Bonchev–Trinajstić information content (AvgIpc) is 3.02. The van der Waals surface area contributed by atoms with Crippen molar-refractivity contribution in [2.24, 2.45) is 0 Å². The molecule has 0 fully saturated rings. The van der Waals surface area contributed by atoms with Gasteiger partial charge < -0.3 is 14.0 Å². The third-order valence-electron chi connectivity index (χ3n) is 3.41. The molecule has 118 valence electrons. The third-order valence-corrected chi connectivity index (χ3v) is 3.41. The standard InChI is InChI=1S/C18H18N2O3/c1-12-5-4-6-14(9-12)18-19-17(23-20-18)11-22-15-8-7-13(2)10-16(15)21-3/h4-10H,11H2,1-3H3. The normalized spacial score (nSPS) is 10.6. The molecule has 0 aliphatic heterocycles. The van der Waals surface area contributed by atoms with Gasteiger partial charge in [0.1, 0.15) is 0 Å². The van der Waals surface area contributed by atoms with Crippen LogP contribution in [0, 0.1) is 13.8 Å². The first-order valence-electron chi connectivity index (χ1n) is 7.33. The van der Waals surface area contributed by atoms with Crippen molar-refractivity contribution >= 4 is 0 Å². The van der Waals surface area contributed by atoms with E-state index in [1.54, 1.807) is 7.11 Å². The highest BCUT2D eigenvalue weighted by atomic mass is 16.5. The van der Waals surface area contributed by atoms with Gasteiger partial charge in [0.15, 0.2) is 18.1 Å². The highest BCUT2D eigenvalue weighted by Gasteiger charge is 2.11. The number of benzene rings is 2. The van der Waals surface area contributed by atoms with Crippen LogP contribution < -0.4 is 9.47 Å². The largest absolute Gasteiger partial charge is 0.493 e. The van der Waals surface area contributed by atoms with Crippen molar-refractivity contribution in [1.82, 2.24) is 10.1 Å². The van der Waals surface area contributed by atoms with Crippen LogP contribution in [-0.2, 0) is 6.61 Å². The lowest BCUT2D eigenvalue weighted by molar-refractivity contribution is 0.233. The SMILES string of the molecule is COc1cc(C)ccc1OCc1nc(-c2cccc(C)c2)no1. The zero-order chi connectivity index (χ0) is 16.2. The average molecular weight is 310 g/mol. The minimum atomic E-state index is 0.193. The number of ether oxygens (including phenoxy) is 2. The molecule has 1 heterocycles. The van der Waals surface area contributed by atoms with E-state index in [-0.39, 0.29) is 6.61 Å². The van der Waals surface area contributed by atoms with Gasteiger partial charge in [-0.2, -0.15) is 4.98 Å². The Hall–Kier alpha value is -2.82. The summed E-state index contributed by atoms with van der Waals surface area (Å²) in [6.07, 6.45) is 0. The van der Waals surface area contributed by atoms with Gasteiger partial charge in [-0.3, -0.25) is 0 Å². The number of hydrogen-bond donors (Lipinski definition) is 0. The number of methoxy groups -OCH3 is 1. The van der Waals surface area contributed by atoms with E-state index in [2.05, 4.69) is 10.1 Å². The predicted molar refractivity (Wildman–Crippen MR) is 86.5 cm³/mol. The molecule has 5 nitrogen and oxygen atoms in total. The van der Waals surface area contributed by atoms with Gasteiger partial charge in [0.25, 0.3) is 5.89 Å². The summed E-state index contributed by atoms with van der Waals surface area (Å²) in [7, 11) is 1.62. The Morgan fingerprint density at radius 1 is 1.00 bits per heavy atom. The zero-order valence-electron chi connectivity index (χ0n) is 13.4. The minimum Gasteiger partial charge on any atom is -0.493 e. The Morgan fingerprint density at radius 2 is 1.83 bits per heavy atom. The molecule has 0 aliphatic carbocycles. The van der Waals surface area contributed by atoms with E-state index >= 15 is 0 Å². The molecule has 3 rings (SSSR count). The number of aryl methyl sites for hydroxylation is 2. The van der Waals surface area contributed by atoms with Gasteiger partial charge in [-0.25, -0.2) is 0 Å². The first-order chi connectivity index (χ1) is 11.2. The lowest BCUT2D eigenvalue weighted by Gasteiger charge is -2.09. The highest BCUT2D eigenvalue weighted by molar-refractivity contribution is 5.55. The first kappa shape index (κ1) is 15.1. The summed E-state index contributed by atoms with van der Waals surface area (Å²) >= 11 is 0. The van der Waals surface area contributed by atoms with Crippen LogP contribution in [0.15, 0.2) is 47.0 Å². The molecule has 1 aromatic heterocycles. The Morgan fingerprint density at radius 3 is 2.61 bits per heavy atom. The van der Waals surface area contributed by atoms with Crippen molar-refractivity contribution in [3.63, 3.8) is 0 Å². The zero-order valence-corrected chi connectivity index (χ0v) is 13.4. The maximum Gasteiger partial charge on any atom is 0.264 e. The van der Waals surface area contributed by atoms with E-state index in [1.165, 1.54) is 0 Å². The van der Waals surface area contributed by atoms with Crippen LogP contribution in [0.3, 0.4) is 0 Å². The van der Waals surface area contributed by atoms with Crippen molar-refractivity contribution in [3.05, 3.63) is 59.5 Å². The summed E-state index contributed by atoms with van der Waals surface area (Å²) in [5.74, 6) is 2.31. The summed E-state index contributed by atoms with van der Waals surface area (Å²) in [6, 6.07) is 13.7.